The fourth-order valence-electron chi connectivity index (χ4n) is 1.74. The van der Waals surface area contributed by atoms with Gasteiger partial charge in [0, 0.05) is 12.7 Å². The molecule has 23 heavy (non-hydrogen) atoms. The predicted molar refractivity (Wildman–Crippen MR) is 84.1 cm³/mol. The first-order valence-corrected chi connectivity index (χ1v) is 7.23. The predicted octanol–water partition coefficient (Wildman–Crippen LogP) is 1.56. The molecule has 128 valence electrons. The van der Waals surface area contributed by atoms with Crippen molar-refractivity contribution in [3.8, 4) is 11.5 Å². The maximum atomic E-state index is 12.1. The van der Waals surface area contributed by atoms with E-state index in [0.29, 0.717) is 29.6 Å². The minimum Gasteiger partial charge on any atom is -0.493 e. The van der Waals surface area contributed by atoms with E-state index in [1.165, 1.54) is 14.2 Å². The molecule has 0 saturated carbocycles. The number of methoxy groups -OCH3 is 2. The highest BCUT2D eigenvalue weighted by Crippen LogP contribution is 2.28. The first-order chi connectivity index (χ1) is 10.9. The minimum absolute atomic E-state index is 0.126. The largest absolute Gasteiger partial charge is 0.493 e. The highest BCUT2D eigenvalue weighted by Gasteiger charge is 2.18. The van der Waals surface area contributed by atoms with Crippen molar-refractivity contribution in [3.63, 3.8) is 0 Å². The van der Waals surface area contributed by atoms with Crippen LogP contribution in [0.4, 0.5) is 0 Å². The number of carbonyl (C=O) groups excluding carboxylic acids is 1. The van der Waals surface area contributed by atoms with Gasteiger partial charge in [-0.05, 0) is 24.1 Å². The number of hydrogen-bond donors (Lipinski definition) is 2. The number of ether oxygens (including phenoxy) is 3. The molecular formula is C16H23NO6. The molecule has 7 nitrogen and oxygen atoms in total. The molecule has 7 heteroatoms. The van der Waals surface area contributed by atoms with Gasteiger partial charge in [0.2, 0.25) is 0 Å². The third kappa shape index (κ3) is 5.78. The van der Waals surface area contributed by atoms with E-state index in [-0.39, 0.29) is 6.54 Å². The van der Waals surface area contributed by atoms with Gasteiger partial charge in [-0.2, -0.15) is 0 Å². The van der Waals surface area contributed by atoms with E-state index >= 15 is 0 Å². The summed E-state index contributed by atoms with van der Waals surface area (Å²) in [6.07, 6.45) is -1.09. The molecular weight excluding hydrogens is 302 g/mol. The number of hydrogen-bond acceptors (Lipinski definition) is 5. The molecule has 0 aromatic heterocycles. The maximum absolute atomic E-state index is 12.1. The lowest BCUT2D eigenvalue weighted by molar-refractivity contribution is -0.148. The van der Waals surface area contributed by atoms with Crippen molar-refractivity contribution in [2.24, 2.45) is 5.92 Å². The van der Waals surface area contributed by atoms with Gasteiger partial charge in [-0.1, -0.05) is 13.8 Å². The van der Waals surface area contributed by atoms with Crippen molar-refractivity contribution >= 4 is 11.9 Å². The molecule has 0 bridgehead atoms. The Bertz CT molecular complexity index is 543. The molecule has 1 rings (SSSR count). The molecule has 0 aliphatic heterocycles. The molecule has 2 N–H and O–H groups in total. The number of aliphatic carboxylic acids is 1. The zero-order valence-electron chi connectivity index (χ0n) is 13.8. The summed E-state index contributed by atoms with van der Waals surface area (Å²) in [5.41, 5.74) is 0.346. The number of rotatable bonds is 9. The van der Waals surface area contributed by atoms with E-state index in [1.54, 1.807) is 18.2 Å². The van der Waals surface area contributed by atoms with Crippen LogP contribution in [0.1, 0.15) is 24.2 Å². The summed E-state index contributed by atoms with van der Waals surface area (Å²) >= 11 is 0. The molecule has 0 radical (unpaired) electrons. The average molecular weight is 325 g/mol. The van der Waals surface area contributed by atoms with Crippen molar-refractivity contribution in [1.82, 2.24) is 5.32 Å². The van der Waals surface area contributed by atoms with Crippen LogP contribution in [-0.4, -0.2) is 50.5 Å². The summed E-state index contributed by atoms with van der Waals surface area (Å²) in [6.45, 7) is 4.47. The second-order valence-corrected chi connectivity index (χ2v) is 5.34. The van der Waals surface area contributed by atoms with E-state index in [0.717, 1.165) is 0 Å². The van der Waals surface area contributed by atoms with E-state index in [4.69, 9.17) is 19.3 Å². The molecule has 1 atom stereocenters. The highest BCUT2D eigenvalue weighted by atomic mass is 16.5. The van der Waals surface area contributed by atoms with Gasteiger partial charge in [0.1, 0.15) is 0 Å². The SMILES string of the molecule is COc1cc(C(=O)NCC(OC)C(=O)O)ccc1OCC(C)C. The number of carboxylic acid groups (broad SMARTS) is 1. The minimum atomic E-state index is -1.14. The smallest absolute Gasteiger partial charge is 0.334 e. The lowest BCUT2D eigenvalue weighted by atomic mass is 10.1. The molecule has 1 unspecified atom stereocenters. The summed E-state index contributed by atoms with van der Waals surface area (Å²) in [5.74, 6) is -0.188. The van der Waals surface area contributed by atoms with Crippen molar-refractivity contribution in [3.05, 3.63) is 23.8 Å². The summed E-state index contributed by atoms with van der Waals surface area (Å²) in [4.78, 5) is 22.9. The Kier molecular flexibility index (Phi) is 7.34. The van der Waals surface area contributed by atoms with Crippen LogP contribution in [0.25, 0.3) is 0 Å². The van der Waals surface area contributed by atoms with Crippen molar-refractivity contribution in [2.75, 3.05) is 27.4 Å². The Morgan fingerprint density at radius 3 is 2.43 bits per heavy atom. The van der Waals surface area contributed by atoms with Crippen molar-refractivity contribution < 1.29 is 28.9 Å². The Balaban J connectivity index is 2.76. The molecule has 0 aliphatic rings. The second-order valence-electron chi connectivity index (χ2n) is 5.34. The monoisotopic (exact) mass is 325 g/mol. The van der Waals surface area contributed by atoms with Crippen LogP contribution in [0.15, 0.2) is 18.2 Å². The lowest BCUT2D eigenvalue weighted by Crippen LogP contribution is -2.37. The molecule has 0 heterocycles. The number of nitrogens with one attached hydrogen (secondary N) is 1. The Hall–Kier alpha value is -2.28. The fraction of sp³-hybridized carbons (Fsp3) is 0.500. The zero-order valence-corrected chi connectivity index (χ0v) is 13.8. The summed E-state index contributed by atoms with van der Waals surface area (Å²) in [7, 11) is 2.76. The summed E-state index contributed by atoms with van der Waals surface area (Å²) in [5, 5.41) is 11.4. The third-order valence-electron chi connectivity index (χ3n) is 3.01. The van der Waals surface area contributed by atoms with Gasteiger partial charge in [-0.3, -0.25) is 4.79 Å². The number of carboxylic acids is 1. The second kappa shape index (κ2) is 8.99. The van der Waals surface area contributed by atoms with Crippen LogP contribution in [0.3, 0.4) is 0 Å². The molecule has 1 aromatic rings. The van der Waals surface area contributed by atoms with Crippen LogP contribution in [0, 0.1) is 5.92 Å². The normalized spacial score (nSPS) is 11.9. The van der Waals surface area contributed by atoms with Crippen molar-refractivity contribution in [1.29, 1.82) is 0 Å². The maximum Gasteiger partial charge on any atom is 0.334 e. The topological polar surface area (TPSA) is 94.1 Å². The Morgan fingerprint density at radius 2 is 1.91 bits per heavy atom. The summed E-state index contributed by atoms with van der Waals surface area (Å²) < 4.78 is 15.6. The van der Waals surface area contributed by atoms with E-state index in [2.05, 4.69) is 5.32 Å². The van der Waals surface area contributed by atoms with Gasteiger partial charge in [0.05, 0.1) is 20.3 Å². The molecule has 0 fully saturated rings. The first-order valence-electron chi connectivity index (χ1n) is 7.23. The Morgan fingerprint density at radius 1 is 1.22 bits per heavy atom. The quantitative estimate of drug-likeness (QED) is 0.715. The van der Waals surface area contributed by atoms with Gasteiger partial charge in [-0.15, -0.1) is 0 Å². The molecule has 1 amide bonds. The van der Waals surface area contributed by atoms with Gasteiger partial charge < -0.3 is 24.6 Å². The fourth-order valence-corrected chi connectivity index (χ4v) is 1.74. The third-order valence-corrected chi connectivity index (χ3v) is 3.01. The van der Waals surface area contributed by atoms with Gasteiger partial charge in [-0.25, -0.2) is 4.79 Å². The Labute approximate surface area is 135 Å². The van der Waals surface area contributed by atoms with Gasteiger partial charge in [0.15, 0.2) is 17.6 Å². The highest BCUT2D eigenvalue weighted by molar-refractivity contribution is 5.95. The lowest BCUT2D eigenvalue weighted by Gasteiger charge is -2.14. The zero-order chi connectivity index (χ0) is 17.4. The van der Waals surface area contributed by atoms with E-state index in [1.807, 2.05) is 13.8 Å². The summed E-state index contributed by atoms with van der Waals surface area (Å²) in [6, 6.07) is 4.80. The van der Waals surface area contributed by atoms with Crippen LogP contribution in [-0.2, 0) is 9.53 Å². The molecule has 0 saturated heterocycles. The van der Waals surface area contributed by atoms with Gasteiger partial charge in [0.25, 0.3) is 5.91 Å². The molecule has 1 aromatic carbocycles. The molecule has 0 aliphatic carbocycles. The van der Waals surface area contributed by atoms with Gasteiger partial charge >= 0.3 is 5.97 Å². The molecule has 0 spiro atoms. The first kappa shape index (κ1) is 18.8. The van der Waals surface area contributed by atoms with E-state index in [9.17, 15) is 9.59 Å². The van der Waals surface area contributed by atoms with Crippen LogP contribution in [0.2, 0.25) is 0 Å². The van der Waals surface area contributed by atoms with Crippen LogP contribution >= 0.6 is 0 Å². The van der Waals surface area contributed by atoms with Crippen LogP contribution < -0.4 is 14.8 Å². The standard InChI is InChI=1S/C16H23NO6/c1-10(2)9-23-12-6-5-11(7-13(12)21-3)15(18)17-8-14(22-4)16(19)20/h5-7,10,14H,8-9H2,1-4H3,(H,17,18)(H,19,20). The number of benzene rings is 1. The van der Waals surface area contributed by atoms with E-state index < -0.39 is 18.0 Å². The van der Waals surface area contributed by atoms with Crippen LogP contribution in [0.5, 0.6) is 11.5 Å². The average Bonchev–Trinajstić information content (AvgIpc) is 2.52. The number of amides is 1. The van der Waals surface area contributed by atoms with Crippen molar-refractivity contribution in [2.45, 2.75) is 20.0 Å². The number of carbonyl (C=O) groups is 2.